The van der Waals surface area contributed by atoms with Crippen LogP contribution < -0.4 is 4.90 Å². The molecular formula is C15H12BrNO3S. The Hall–Kier alpha value is -1.66. The van der Waals surface area contributed by atoms with Crippen molar-refractivity contribution in [3.8, 4) is 0 Å². The number of carbonyl (C=O) groups is 2. The standard InChI is InChI=1S/C15H12BrNO3S/c16-13-7-6-12(21-13)14(18)17-8-2-4-9-10(15(19)20)3-1-5-11(9)17/h1,3,5-7H,2,4,8H2,(H,19,20). The number of hydrogen-bond acceptors (Lipinski definition) is 3. The number of carbonyl (C=O) groups excluding carboxylic acids is 1. The Kier molecular flexibility index (Phi) is 3.82. The number of nitrogens with zero attached hydrogens (tertiary/aromatic N) is 1. The quantitative estimate of drug-likeness (QED) is 0.880. The van der Waals surface area contributed by atoms with Gasteiger partial charge in [-0.3, -0.25) is 4.79 Å². The predicted molar refractivity (Wildman–Crippen MR) is 85.4 cm³/mol. The number of amides is 1. The summed E-state index contributed by atoms with van der Waals surface area (Å²) in [6.45, 7) is 0.616. The van der Waals surface area contributed by atoms with Crippen LogP contribution in [0.25, 0.3) is 0 Å². The first-order valence-electron chi connectivity index (χ1n) is 6.50. The number of fused-ring (bicyclic) bond motifs is 1. The second-order valence-electron chi connectivity index (χ2n) is 4.77. The summed E-state index contributed by atoms with van der Waals surface area (Å²) in [7, 11) is 0. The monoisotopic (exact) mass is 365 g/mol. The number of carboxylic acids is 1. The molecule has 1 aromatic carbocycles. The van der Waals surface area contributed by atoms with Gasteiger partial charge in [-0.05, 0) is 58.6 Å². The van der Waals surface area contributed by atoms with Crippen molar-refractivity contribution in [3.05, 3.63) is 50.1 Å². The SMILES string of the molecule is O=C(O)c1cccc2c1CCCN2C(=O)c1ccc(Br)s1. The fourth-order valence-corrected chi connectivity index (χ4v) is 3.93. The third kappa shape index (κ3) is 2.61. The van der Waals surface area contributed by atoms with Crippen molar-refractivity contribution >= 4 is 44.8 Å². The van der Waals surface area contributed by atoms with Gasteiger partial charge in [-0.2, -0.15) is 0 Å². The van der Waals surface area contributed by atoms with E-state index in [9.17, 15) is 14.7 Å². The maximum absolute atomic E-state index is 12.6. The average molecular weight is 366 g/mol. The highest BCUT2D eigenvalue weighted by molar-refractivity contribution is 9.11. The van der Waals surface area contributed by atoms with Gasteiger partial charge in [0, 0.05) is 12.2 Å². The van der Waals surface area contributed by atoms with Gasteiger partial charge in [0.05, 0.1) is 14.2 Å². The van der Waals surface area contributed by atoms with Gasteiger partial charge in [0.2, 0.25) is 0 Å². The van der Waals surface area contributed by atoms with Crippen LogP contribution in [0.2, 0.25) is 0 Å². The minimum atomic E-state index is -0.944. The van der Waals surface area contributed by atoms with Crippen molar-refractivity contribution in [2.24, 2.45) is 0 Å². The number of anilines is 1. The fraction of sp³-hybridized carbons (Fsp3) is 0.200. The van der Waals surface area contributed by atoms with Gasteiger partial charge >= 0.3 is 5.97 Å². The highest BCUT2D eigenvalue weighted by Crippen LogP contribution is 2.32. The lowest BCUT2D eigenvalue weighted by molar-refractivity contribution is 0.0695. The first-order chi connectivity index (χ1) is 10.1. The van der Waals surface area contributed by atoms with Crippen LogP contribution in [0, 0.1) is 0 Å². The van der Waals surface area contributed by atoms with Gasteiger partial charge in [0.25, 0.3) is 5.91 Å². The molecule has 1 amide bonds. The van der Waals surface area contributed by atoms with Gasteiger partial charge < -0.3 is 10.0 Å². The Labute approximate surface area is 134 Å². The molecule has 0 atom stereocenters. The molecule has 1 aliphatic heterocycles. The molecule has 0 aliphatic carbocycles. The number of aromatic carboxylic acids is 1. The lowest BCUT2D eigenvalue weighted by Crippen LogP contribution is -2.35. The zero-order valence-corrected chi connectivity index (χ0v) is 13.4. The summed E-state index contributed by atoms with van der Waals surface area (Å²) in [6.07, 6.45) is 1.46. The first-order valence-corrected chi connectivity index (χ1v) is 8.11. The van der Waals surface area contributed by atoms with Crippen molar-refractivity contribution in [2.45, 2.75) is 12.8 Å². The maximum atomic E-state index is 12.6. The largest absolute Gasteiger partial charge is 0.478 e. The van der Waals surface area contributed by atoms with Crippen LogP contribution in [0.5, 0.6) is 0 Å². The fourth-order valence-electron chi connectivity index (χ4n) is 2.60. The van der Waals surface area contributed by atoms with Crippen molar-refractivity contribution < 1.29 is 14.7 Å². The van der Waals surface area contributed by atoms with E-state index in [0.717, 1.165) is 21.5 Å². The van der Waals surface area contributed by atoms with E-state index in [1.807, 2.05) is 12.1 Å². The highest BCUT2D eigenvalue weighted by Gasteiger charge is 2.27. The van der Waals surface area contributed by atoms with E-state index in [-0.39, 0.29) is 11.5 Å². The lowest BCUT2D eigenvalue weighted by Gasteiger charge is -2.30. The molecule has 0 unspecified atom stereocenters. The molecule has 1 aromatic heterocycles. The molecule has 108 valence electrons. The summed E-state index contributed by atoms with van der Waals surface area (Å²) in [4.78, 5) is 26.3. The second kappa shape index (κ2) is 5.61. The van der Waals surface area contributed by atoms with Crippen LogP contribution in [0.1, 0.15) is 32.0 Å². The maximum Gasteiger partial charge on any atom is 0.336 e. The topological polar surface area (TPSA) is 57.6 Å². The zero-order valence-electron chi connectivity index (χ0n) is 11.0. The van der Waals surface area contributed by atoms with E-state index in [1.54, 1.807) is 23.1 Å². The van der Waals surface area contributed by atoms with E-state index in [1.165, 1.54) is 11.3 Å². The zero-order chi connectivity index (χ0) is 15.0. The van der Waals surface area contributed by atoms with E-state index >= 15 is 0 Å². The molecule has 21 heavy (non-hydrogen) atoms. The molecule has 6 heteroatoms. The first kappa shape index (κ1) is 14.3. The van der Waals surface area contributed by atoms with Crippen LogP contribution in [-0.2, 0) is 6.42 Å². The molecule has 0 bridgehead atoms. The normalized spacial score (nSPS) is 13.9. The molecule has 4 nitrogen and oxygen atoms in total. The second-order valence-corrected chi connectivity index (χ2v) is 7.24. The summed E-state index contributed by atoms with van der Waals surface area (Å²) < 4.78 is 0.905. The third-order valence-electron chi connectivity index (χ3n) is 3.51. The van der Waals surface area contributed by atoms with Crippen LogP contribution in [0.15, 0.2) is 34.1 Å². The van der Waals surface area contributed by atoms with Crippen LogP contribution >= 0.6 is 27.3 Å². The molecular weight excluding hydrogens is 354 g/mol. The van der Waals surface area contributed by atoms with Gasteiger partial charge in [-0.15, -0.1) is 11.3 Å². The molecule has 2 heterocycles. The van der Waals surface area contributed by atoms with E-state index in [2.05, 4.69) is 15.9 Å². The van der Waals surface area contributed by atoms with Crippen LogP contribution in [0.3, 0.4) is 0 Å². The molecule has 2 aromatic rings. The number of halogens is 1. The Bertz CT molecular complexity index is 725. The Morgan fingerprint density at radius 2 is 2.05 bits per heavy atom. The molecule has 0 spiro atoms. The van der Waals surface area contributed by atoms with Crippen molar-refractivity contribution in [1.82, 2.24) is 0 Å². The molecule has 1 N–H and O–H groups in total. The van der Waals surface area contributed by atoms with Gasteiger partial charge in [-0.1, -0.05) is 6.07 Å². The van der Waals surface area contributed by atoms with Crippen LogP contribution in [0.4, 0.5) is 5.69 Å². The van der Waals surface area contributed by atoms with Gasteiger partial charge in [-0.25, -0.2) is 4.79 Å². The number of hydrogen-bond donors (Lipinski definition) is 1. The van der Waals surface area contributed by atoms with E-state index in [0.29, 0.717) is 17.8 Å². The van der Waals surface area contributed by atoms with E-state index in [4.69, 9.17) is 0 Å². The van der Waals surface area contributed by atoms with Crippen molar-refractivity contribution in [2.75, 3.05) is 11.4 Å². The van der Waals surface area contributed by atoms with Crippen LogP contribution in [-0.4, -0.2) is 23.5 Å². The molecule has 1 aliphatic rings. The minimum Gasteiger partial charge on any atom is -0.478 e. The minimum absolute atomic E-state index is 0.0748. The summed E-state index contributed by atoms with van der Waals surface area (Å²) in [5, 5.41) is 9.28. The Balaban J connectivity index is 2.03. The smallest absolute Gasteiger partial charge is 0.336 e. The van der Waals surface area contributed by atoms with Gasteiger partial charge in [0.1, 0.15) is 0 Å². The number of rotatable bonds is 2. The average Bonchev–Trinajstić information content (AvgIpc) is 2.91. The van der Waals surface area contributed by atoms with E-state index < -0.39 is 5.97 Å². The predicted octanol–water partition coefficient (Wildman–Crippen LogP) is 3.80. The molecule has 0 saturated heterocycles. The summed E-state index contributed by atoms with van der Waals surface area (Å²) >= 11 is 4.74. The number of carboxylic acid groups (broad SMARTS) is 1. The third-order valence-corrected chi connectivity index (χ3v) is 5.12. The number of benzene rings is 1. The van der Waals surface area contributed by atoms with Gasteiger partial charge in [0.15, 0.2) is 0 Å². The molecule has 0 saturated carbocycles. The highest BCUT2D eigenvalue weighted by atomic mass is 79.9. The van der Waals surface area contributed by atoms with Crippen molar-refractivity contribution in [3.63, 3.8) is 0 Å². The Morgan fingerprint density at radius 1 is 1.24 bits per heavy atom. The Morgan fingerprint density at radius 3 is 2.71 bits per heavy atom. The van der Waals surface area contributed by atoms with Crippen molar-refractivity contribution in [1.29, 1.82) is 0 Å². The molecule has 3 rings (SSSR count). The summed E-state index contributed by atoms with van der Waals surface area (Å²) in [5.74, 6) is -1.02. The lowest BCUT2D eigenvalue weighted by atomic mass is 9.96. The molecule has 0 radical (unpaired) electrons. The molecule has 0 fully saturated rings. The summed E-state index contributed by atoms with van der Waals surface area (Å²) in [5.41, 5.74) is 1.76. The summed E-state index contributed by atoms with van der Waals surface area (Å²) in [6, 6.07) is 8.74. The number of thiophene rings is 1.